The average Bonchev–Trinajstić information content (AvgIpc) is 2.46. The molecule has 0 radical (unpaired) electrons. The fourth-order valence-corrected chi connectivity index (χ4v) is 2.33. The number of hydrogen-bond donors (Lipinski definition) is 5. The van der Waals surface area contributed by atoms with Gasteiger partial charge in [-0.2, -0.15) is 0 Å². The molecule has 6 atom stereocenters. The molecule has 0 spiro atoms. The van der Waals surface area contributed by atoms with Crippen LogP contribution in [0.25, 0.3) is 0 Å². The lowest BCUT2D eigenvalue weighted by Gasteiger charge is -2.48. The molecule has 0 aliphatic carbocycles. The van der Waals surface area contributed by atoms with Crippen molar-refractivity contribution in [2.75, 3.05) is 13.7 Å². The molecule has 1 rings (SSSR count). The number of methoxy groups -OCH3 is 1. The number of carbonyl (C=O) groups is 2. The first-order valence-corrected chi connectivity index (χ1v) is 6.55. The van der Waals surface area contributed by atoms with Gasteiger partial charge in [-0.05, 0) is 0 Å². The second-order valence-electron chi connectivity index (χ2n) is 5.07. The minimum Gasteiger partial charge on any atom is -0.544 e. The van der Waals surface area contributed by atoms with Crippen LogP contribution in [-0.2, 0) is 19.1 Å². The molecule has 5 N–H and O–H groups in total. The summed E-state index contributed by atoms with van der Waals surface area (Å²) in [4.78, 5) is 22.4. The molecule has 10 nitrogen and oxygen atoms in total. The molecule has 1 aliphatic rings. The van der Waals surface area contributed by atoms with E-state index in [1.54, 1.807) is 0 Å². The van der Waals surface area contributed by atoms with Gasteiger partial charge < -0.3 is 45.1 Å². The molecule has 0 saturated carbocycles. The third kappa shape index (κ3) is 3.72. The maximum Gasteiger partial charge on any atom is 0.217 e. The van der Waals surface area contributed by atoms with Crippen LogP contribution in [0.1, 0.15) is 13.3 Å². The predicted molar refractivity (Wildman–Crippen MR) is 66.9 cm³/mol. The Kier molecular flexibility index (Phi) is 6.23. The summed E-state index contributed by atoms with van der Waals surface area (Å²) in [5, 5.41) is 52.0. The molecule has 0 bridgehead atoms. The van der Waals surface area contributed by atoms with E-state index in [-0.39, 0.29) is 0 Å². The SMILES string of the molecule is CO[C@]1(C(=O)[O-])C[C@H](O)[C@@H](NC(C)=O)[C@H]([C@H](O)[C@@H](O)CO)O1. The number of carboxylic acids is 1. The van der Waals surface area contributed by atoms with E-state index in [9.17, 15) is 30.0 Å². The van der Waals surface area contributed by atoms with Gasteiger partial charge in [0, 0.05) is 20.5 Å². The van der Waals surface area contributed by atoms with Gasteiger partial charge in [-0.3, -0.25) is 4.79 Å². The van der Waals surface area contributed by atoms with Crippen molar-refractivity contribution in [3.8, 4) is 0 Å². The number of ether oxygens (including phenoxy) is 2. The molecule has 0 aromatic carbocycles. The molecule has 1 fully saturated rings. The molecule has 0 aromatic heterocycles. The second kappa shape index (κ2) is 7.31. The summed E-state index contributed by atoms with van der Waals surface area (Å²) in [5.41, 5.74) is 0. The molecular weight excluding hydrogens is 302 g/mol. The molecule has 1 saturated heterocycles. The molecule has 0 unspecified atom stereocenters. The first-order chi connectivity index (χ1) is 10.2. The molecule has 1 aliphatic heterocycles. The lowest BCUT2D eigenvalue weighted by atomic mass is 9.88. The summed E-state index contributed by atoms with van der Waals surface area (Å²) in [7, 11) is 1.01. The van der Waals surface area contributed by atoms with E-state index < -0.39 is 61.1 Å². The van der Waals surface area contributed by atoms with Gasteiger partial charge in [0.05, 0.1) is 18.8 Å². The summed E-state index contributed by atoms with van der Waals surface area (Å²) < 4.78 is 9.92. The molecule has 10 heteroatoms. The van der Waals surface area contributed by atoms with Crippen LogP contribution in [0.3, 0.4) is 0 Å². The number of aliphatic carboxylic acids is 1. The monoisotopic (exact) mass is 322 g/mol. The Balaban J connectivity index is 3.14. The van der Waals surface area contributed by atoms with Gasteiger partial charge in [0.2, 0.25) is 11.7 Å². The van der Waals surface area contributed by atoms with Gasteiger partial charge in [0.15, 0.2) is 0 Å². The zero-order chi connectivity index (χ0) is 17.1. The van der Waals surface area contributed by atoms with Gasteiger partial charge >= 0.3 is 0 Å². The van der Waals surface area contributed by atoms with E-state index in [4.69, 9.17) is 14.6 Å². The van der Waals surface area contributed by atoms with Crippen molar-refractivity contribution in [2.24, 2.45) is 0 Å². The smallest absolute Gasteiger partial charge is 0.217 e. The maximum atomic E-state index is 11.2. The van der Waals surface area contributed by atoms with Crippen molar-refractivity contribution in [1.82, 2.24) is 5.32 Å². The van der Waals surface area contributed by atoms with Crippen LogP contribution in [0.2, 0.25) is 0 Å². The van der Waals surface area contributed by atoms with Crippen LogP contribution < -0.4 is 10.4 Å². The number of aliphatic hydroxyl groups is 4. The first kappa shape index (κ1) is 18.7. The van der Waals surface area contributed by atoms with Gasteiger partial charge in [0.1, 0.15) is 24.3 Å². The molecule has 128 valence electrons. The van der Waals surface area contributed by atoms with Gasteiger partial charge in [-0.1, -0.05) is 0 Å². The normalized spacial score (nSPS) is 34.7. The minimum absolute atomic E-state index is 0.560. The quantitative estimate of drug-likeness (QED) is 0.323. The lowest BCUT2D eigenvalue weighted by Crippen LogP contribution is -2.69. The highest BCUT2D eigenvalue weighted by molar-refractivity contribution is 5.75. The van der Waals surface area contributed by atoms with Crippen LogP contribution in [0.4, 0.5) is 0 Å². The van der Waals surface area contributed by atoms with E-state index in [0.29, 0.717) is 0 Å². The van der Waals surface area contributed by atoms with Crippen LogP contribution in [0.5, 0.6) is 0 Å². The first-order valence-electron chi connectivity index (χ1n) is 6.55. The molecule has 0 aromatic rings. The molecule has 1 amide bonds. The van der Waals surface area contributed by atoms with E-state index in [1.807, 2.05) is 0 Å². The van der Waals surface area contributed by atoms with Crippen molar-refractivity contribution in [3.63, 3.8) is 0 Å². The molecular formula is C12H20NO9-. The summed E-state index contributed by atoms with van der Waals surface area (Å²) in [6.45, 7) is 0.310. The van der Waals surface area contributed by atoms with E-state index in [1.165, 1.54) is 0 Å². The van der Waals surface area contributed by atoms with Crippen LogP contribution in [0, 0.1) is 0 Å². The van der Waals surface area contributed by atoms with E-state index in [0.717, 1.165) is 14.0 Å². The summed E-state index contributed by atoms with van der Waals surface area (Å²) in [5.74, 6) is -4.71. The number of amides is 1. The number of rotatable bonds is 6. The topological polar surface area (TPSA) is 169 Å². The Hall–Kier alpha value is -1.30. The second-order valence-corrected chi connectivity index (χ2v) is 5.07. The van der Waals surface area contributed by atoms with Crippen molar-refractivity contribution < 1.29 is 44.6 Å². The summed E-state index contributed by atoms with van der Waals surface area (Å²) in [6.07, 6.45) is -7.03. The Morgan fingerprint density at radius 2 is 2.09 bits per heavy atom. The number of hydrogen-bond acceptors (Lipinski definition) is 9. The highest BCUT2D eigenvalue weighted by Crippen LogP contribution is 2.32. The van der Waals surface area contributed by atoms with E-state index >= 15 is 0 Å². The Morgan fingerprint density at radius 1 is 1.50 bits per heavy atom. The number of carbonyl (C=O) groups excluding carboxylic acids is 2. The van der Waals surface area contributed by atoms with Gasteiger partial charge in [-0.15, -0.1) is 0 Å². The van der Waals surface area contributed by atoms with Crippen molar-refractivity contribution in [2.45, 2.75) is 49.6 Å². The highest BCUT2D eigenvalue weighted by atomic mass is 16.7. The Labute approximate surface area is 126 Å². The maximum absolute atomic E-state index is 11.2. The Morgan fingerprint density at radius 3 is 2.50 bits per heavy atom. The van der Waals surface area contributed by atoms with Crippen molar-refractivity contribution >= 4 is 11.9 Å². The van der Waals surface area contributed by atoms with Gasteiger partial charge in [-0.25, -0.2) is 0 Å². The van der Waals surface area contributed by atoms with Crippen molar-refractivity contribution in [3.05, 3.63) is 0 Å². The Bertz CT molecular complexity index is 417. The third-order valence-electron chi connectivity index (χ3n) is 3.50. The van der Waals surface area contributed by atoms with Crippen LogP contribution in [0.15, 0.2) is 0 Å². The van der Waals surface area contributed by atoms with Gasteiger partial charge in [0.25, 0.3) is 0 Å². The zero-order valence-corrected chi connectivity index (χ0v) is 12.1. The average molecular weight is 322 g/mol. The third-order valence-corrected chi connectivity index (χ3v) is 3.50. The van der Waals surface area contributed by atoms with E-state index in [2.05, 4.69) is 5.32 Å². The molecule has 22 heavy (non-hydrogen) atoms. The number of carboxylic acid groups (broad SMARTS) is 1. The lowest BCUT2D eigenvalue weighted by molar-refractivity contribution is -0.378. The minimum atomic E-state index is -2.35. The highest BCUT2D eigenvalue weighted by Gasteiger charge is 2.51. The summed E-state index contributed by atoms with van der Waals surface area (Å²) in [6, 6.07) is -1.21. The number of aliphatic hydroxyl groups excluding tert-OH is 4. The number of nitrogens with one attached hydrogen (secondary N) is 1. The fourth-order valence-electron chi connectivity index (χ4n) is 2.33. The van der Waals surface area contributed by atoms with Crippen LogP contribution in [-0.4, -0.2) is 82.3 Å². The van der Waals surface area contributed by atoms with Crippen molar-refractivity contribution in [1.29, 1.82) is 0 Å². The largest absolute Gasteiger partial charge is 0.544 e. The van der Waals surface area contributed by atoms with Crippen LogP contribution >= 0.6 is 0 Å². The predicted octanol–water partition coefficient (Wildman–Crippen LogP) is -4.55. The zero-order valence-electron chi connectivity index (χ0n) is 12.1. The molecule has 1 heterocycles. The summed E-state index contributed by atoms with van der Waals surface area (Å²) >= 11 is 0. The standard InChI is InChI=1S/C12H21NO9/c1-5(15)13-8-6(16)3-12(21-2,11(19)20)22-10(8)9(18)7(17)4-14/h6-10,14,16-18H,3-4H2,1-2H3,(H,13,15)(H,19,20)/p-1/t6-,7-,8+,9+,10+,12+/m0/s1. The fraction of sp³-hybridized carbons (Fsp3) is 0.833.